The first-order chi connectivity index (χ1) is 32.5. The summed E-state index contributed by atoms with van der Waals surface area (Å²) < 4.78 is 16.8. The third-order valence-corrected chi connectivity index (χ3v) is 11.3. The molecule has 0 bridgehead atoms. The molecule has 66 heavy (non-hydrogen) atoms. The number of rotatable bonds is 48. The molecule has 0 radical (unpaired) electrons. The molecule has 0 aliphatic carbocycles. The summed E-state index contributed by atoms with van der Waals surface area (Å²) in [5, 5.41) is 0. The van der Waals surface area contributed by atoms with E-state index in [4.69, 9.17) is 14.2 Å². The van der Waals surface area contributed by atoms with Crippen LogP contribution in [0.15, 0.2) is 97.2 Å². The molecule has 0 aliphatic heterocycles. The van der Waals surface area contributed by atoms with Crippen LogP contribution >= 0.6 is 0 Å². The molecule has 0 rings (SSSR count). The fourth-order valence-corrected chi connectivity index (χ4v) is 7.21. The minimum Gasteiger partial charge on any atom is -0.462 e. The minimum absolute atomic E-state index is 0.0931. The zero-order valence-corrected chi connectivity index (χ0v) is 42.9. The first-order valence-electron chi connectivity index (χ1n) is 27.2. The summed E-state index contributed by atoms with van der Waals surface area (Å²) >= 11 is 0. The highest BCUT2D eigenvalue weighted by Crippen LogP contribution is 2.14. The Kier molecular flexibility index (Phi) is 50.9. The van der Waals surface area contributed by atoms with Gasteiger partial charge >= 0.3 is 17.9 Å². The van der Waals surface area contributed by atoms with Crippen LogP contribution in [-0.2, 0) is 28.6 Å². The van der Waals surface area contributed by atoms with Crippen molar-refractivity contribution < 1.29 is 28.6 Å². The number of ether oxygens (including phenoxy) is 3. The first kappa shape index (κ1) is 62.3. The number of carbonyl (C=O) groups excluding carboxylic acids is 3. The molecule has 0 heterocycles. The molecule has 0 saturated carbocycles. The van der Waals surface area contributed by atoms with Crippen molar-refractivity contribution in [1.29, 1.82) is 0 Å². The lowest BCUT2D eigenvalue weighted by atomic mass is 10.1. The maximum absolute atomic E-state index is 12.8. The van der Waals surface area contributed by atoms with Crippen molar-refractivity contribution in [3.05, 3.63) is 97.2 Å². The van der Waals surface area contributed by atoms with Gasteiger partial charge in [-0.25, -0.2) is 0 Å². The van der Waals surface area contributed by atoms with Gasteiger partial charge in [-0.2, -0.15) is 0 Å². The molecule has 0 aliphatic rings. The Labute approximate surface area is 407 Å². The van der Waals surface area contributed by atoms with E-state index >= 15 is 0 Å². The van der Waals surface area contributed by atoms with Gasteiger partial charge < -0.3 is 14.2 Å². The Hall–Kier alpha value is -3.67. The van der Waals surface area contributed by atoms with Crippen LogP contribution in [0.4, 0.5) is 0 Å². The van der Waals surface area contributed by atoms with Gasteiger partial charge in [-0.3, -0.25) is 14.4 Å². The van der Waals surface area contributed by atoms with Crippen LogP contribution in [-0.4, -0.2) is 37.2 Å². The summed E-state index contributed by atoms with van der Waals surface area (Å²) in [6.07, 6.45) is 71.1. The van der Waals surface area contributed by atoms with Gasteiger partial charge in [0.25, 0.3) is 0 Å². The normalized spacial score (nSPS) is 12.8. The van der Waals surface area contributed by atoms with E-state index in [9.17, 15) is 14.4 Å². The highest BCUT2D eigenvalue weighted by molar-refractivity contribution is 5.71. The predicted molar refractivity (Wildman–Crippen MR) is 284 cm³/mol. The number of unbranched alkanes of at least 4 members (excludes halogenated alkanes) is 21. The maximum Gasteiger partial charge on any atom is 0.306 e. The van der Waals surface area contributed by atoms with Crippen LogP contribution in [0.2, 0.25) is 0 Å². The van der Waals surface area contributed by atoms with E-state index in [0.29, 0.717) is 19.3 Å². The van der Waals surface area contributed by atoms with E-state index in [2.05, 4.69) is 118 Å². The second kappa shape index (κ2) is 53.9. The summed E-state index contributed by atoms with van der Waals surface area (Å²) in [6.45, 7) is 6.40. The molecule has 0 aromatic rings. The third-order valence-electron chi connectivity index (χ3n) is 11.3. The number of esters is 3. The van der Waals surface area contributed by atoms with E-state index < -0.39 is 6.10 Å². The molecular formula is C60H100O6. The van der Waals surface area contributed by atoms with Gasteiger partial charge in [0.05, 0.1) is 0 Å². The molecule has 6 heteroatoms. The molecule has 0 aromatic heterocycles. The Morgan fingerprint density at radius 1 is 0.318 bits per heavy atom. The number of hydrogen-bond acceptors (Lipinski definition) is 6. The lowest BCUT2D eigenvalue weighted by molar-refractivity contribution is -0.167. The summed E-state index contributed by atoms with van der Waals surface area (Å²) in [7, 11) is 0. The summed E-state index contributed by atoms with van der Waals surface area (Å²) in [5.41, 5.74) is 0. The van der Waals surface area contributed by atoms with Crippen LogP contribution in [0.1, 0.15) is 245 Å². The van der Waals surface area contributed by atoms with E-state index in [0.717, 1.165) is 141 Å². The second-order valence-electron chi connectivity index (χ2n) is 17.7. The molecule has 0 spiro atoms. The monoisotopic (exact) mass is 917 g/mol. The zero-order valence-electron chi connectivity index (χ0n) is 42.9. The van der Waals surface area contributed by atoms with Crippen molar-refractivity contribution in [2.75, 3.05) is 13.2 Å². The fourth-order valence-electron chi connectivity index (χ4n) is 7.21. The van der Waals surface area contributed by atoms with Crippen LogP contribution in [0, 0.1) is 0 Å². The topological polar surface area (TPSA) is 78.9 Å². The molecule has 376 valence electrons. The van der Waals surface area contributed by atoms with E-state index in [1.807, 2.05) is 0 Å². The highest BCUT2D eigenvalue weighted by atomic mass is 16.6. The lowest BCUT2D eigenvalue weighted by Gasteiger charge is -2.18. The molecular weight excluding hydrogens is 817 g/mol. The largest absolute Gasteiger partial charge is 0.462 e. The zero-order chi connectivity index (χ0) is 47.9. The predicted octanol–water partition coefficient (Wildman–Crippen LogP) is 18.1. The van der Waals surface area contributed by atoms with Crippen LogP contribution in [0.3, 0.4) is 0 Å². The second-order valence-corrected chi connectivity index (χ2v) is 17.7. The van der Waals surface area contributed by atoms with Crippen LogP contribution in [0.25, 0.3) is 0 Å². The van der Waals surface area contributed by atoms with Crippen molar-refractivity contribution in [2.24, 2.45) is 0 Å². The summed E-state index contributed by atoms with van der Waals surface area (Å²) in [5.74, 6) is -0.931. The van der Waals surface area contributed by atoms with Gasteiger partial charge in [0.2, 0.25) is 0 Å². The van der Waals surface area contributed by atoms with E-state index in [-0.39, 0.29) is 31.1 Å². The van der Waals surface area contributed by atoms with E-state index in [1.54, 1.807) is 0 Å². The van der Waals surface area contributed by atoms with E-state index in [1.165, 1.54) is 64.2 Å². The summed E-state index contributed by atoms with van der Waals surface area (Å²) in [4.78, 5) is 38.0. The molecule has 1 unspecified atom stereocenters. The minimum atomic E-state index is -0.794. The van der Waals surface area contributed by atoms with Gasteiger partial charge in [0, 0.05) is 19.3 Å². The molecule has 6 nitrogen and oxygen atoms in total. The van der Waals surface area contributed by atoms with Gasteiger partial charge in [-0.05, 0) is 116 Å². The fraction of sp³-hybridized carbons (Fsp3) is 0.683. The average Bonchev–Trinajstić information content (AvgIpc) is 3.31. The SMILES string of the molecule is CC/C=C\C/C=C\C/C=C\C/C=C\CCCCCCCCC(=O)OCC(COC(=O)CCCCCCC/C=C\CCC)OC(=O)CCCCCCCC/C=C\C/C=C\C/C=C\CCCCC. The van der Waals surface area contributed by atoms with Gasteiger partial charge in [-0.15, -0.1) is 0 Å². The average molecular weight is 917 g/mol. The van der Waals surface area contributed by atoms with Crippen molar-refractivity contribution in [2.45, 2.75) is 252 Å². The Bertz CT molecular complexity index is 1330. The maximum atomic E-state index is 12.8. The van der Waals surface area contributed by atoms with Crippen LogP contribution < -0.4 is 0 Å². The molecule has 0 N–H and O–H groups in total. The molecule has 0 fully saturated rings. The Balaban J connectivity index is 4.40. The van der Waals surface area contributed by atoms with Crippen molar-refractivity contribution >= 4 is 17.9 Å². The smallest absolute Gasteiger partial charge is 0.306 e. The van der Waals surface area contributed by atoms with Crippen molar-refractivity contribution in [1.82, 2.24) is 0 Å². The van der Waals surface area contributed by atoms with Crippen molar-refractivity contribution in [3.63, 3.8) is 0 Å². The molecule has 0 amide bonds. The highest BCUT2D eigenvalue weighted by Gasteiger charge is 2.19. The molecule has 0 saturated heterocycles. The standard InChI is InChI=1S/C60H100O6/c1-4-7-10-13-16-19-22-24-26-28-30-32-34-36-38-41-44-47-50-53-59(62)65-56-57(55-64-58(61)52-49-46-43-40-21-18-15-12-9-6-3)66-60(63)54-51-48-45-42-39-37-35-33-31-29-27-25-23-20-17-14-11-8-5-2/h7,10,12,15-17,19-20,24-27,30-33,57H,4-6,8-9,11,13-14,18,21-23,28-29,34-56H2,1-3H3/b10-7-,15-12-,19-16-,20-17-,26-24-,27-25-,32-30-,33-31-. The lowest BCUT2D eigenvalue weighted by Crippen LogP contribution is -2.30. The van der Waals surface area contributed by atoms with Gasteiger partial charge in [0.1, 0.15) is 13.2 Å². The number of carbonyl (C=O) groups is 3. The first-order valence-corrected chi connectivity index (χ1v) is 27.2. The molecule has 1 atom stereocenters. The number of hydrogen-bond donors (Lipinski definition) is 0. The third kappa shape index (κ3) is 51.3. The Morgan fingerprint density at radius 2 is 0.621 bits per heavy atom. The number of allylic oxidation sites excluding steroid dienone is 16. The van der Waals surface area contributed by atoms with Gasteiger partial charge in [0.15, 0.2) is 6.10 Å². The van der Waals surface area contributed by atoms with Crippen LogP contribution in [0.5, 0.6) is 0 Å². The molecule has 0 aromatic carbocycles. The summed E-state index contributed by atoms with van der Waals surface area (Å²) in [6, 6.07) is 0. The van der Waals surface area contributed by atoms with Crippen molar-refractivity contribution in [3.8, 4) is 0 Å². The quantitative estimate of drug-likeness (QED) is 0.0262. The Morgan fingerprint density at radius 3 is 1.00 bits per heavy atom. The van der Waals surface area contributed by atoms with Gasteiger partial charge in [-0.1, -0.05) is 208 Å².